The Morgan fingerprint density at radius 2 is 1.90 bits per heavy atom. The number of piperidine rings is 1. The van der Waals surface area contributed by atoms with E-state index in [1.165, 1.54) is 0 Å². The fraction of sp³-hybridized carbons (Fsp3) is 0.417. The van der Waals surface area contributed by atoms with Gasteiger partial charge >= 0.3 is 0 Å². The van der Waals surface area contributed by atoms with Crippen LogP contribution in [0.25, 0.3) is 0 Å². The van der Waals surface area contributed by atoms with E-state index < -0.39 is 0 Å². The van der Waals surface area contributed by atoms with Crippen molar-refractivity contribution in [1.29, 1.82) is 0 Å². The number of ether oxygens (including phenoxy) is 1. The molecule has 1 N–H and O–H groups in total. The number of carbonyl (C=O) groups excluding carboxylic acids is 2. The summed E-state index contributed by atoms with van der Waals surface area (Å²) in [5.41, 5.74) is 3.33. The number of rotatable bonds is 7. The molecule has 0 radical (unpaired) electrons. The topological polar surface area (TPSA) is 58.6 Å². The third-order valence-corrected chi connectivity index (χ3v) is 5.76. The Balaban J connectivity index is 1.71. The molecule has 0 saturated carbocycles. The number of benzene rings is 2. The summed E-state index contributed by atoms with van der Waals surface area (Å²) in [5.74, 6) is 0.746. The lowest BCUT2D eigenvalue weighted by Crippen LogP contribution is -2.48. The van der Waals surface area contributed by atoms with E-state index in [4.69, 9.17) is 4.74 Å². The van der Waals surface area contributed by atoms with Crippen molar-refractivity contribution in [2.24, 2.45) is 5.92 Å². The van der Waals surface area contributed by atoms with Crippen LogP contribution in [0.4, 0.5) is 0 Å². The maximum atomic E-state index is 13.1. The number of likely N-dealkylation sites (tertiary alicyclic amines) is 1. The molecule has 0 aromatic heterocycles. The maximum absolute atomic E-state index is 13.1. The second kappa shape index (κ2) is 9.59. The van der Waals surface area contributed by atoms with Crippen molar-refractivity contribution in [1.82, 2.24) is 10.2 Å². The molecule has 2 aromatic rings. The van der Waals surface area contributed by atoms with Gasteiger partial charge in [-0.25, -0.2) is 0 Å². The average molecular weight is 395 g/mol. The van der Waals surface area contributed by atoms with Gasteiger partial charge in [-0.2, -0.15) is 0 Å². The quantitative estimate of drug-likeness (QED) is 0.780. The van der Waals surface area contributed by atoms with E-state index in [0.717, 1.165) is 28.9 Å². The lowest BCUT2D eigenvalue weighted by molar-refractivity contribution is -0.143. The zero-order chi connectivity index (χ0) is 20.8. The van der Waals surface area contributed by atoms with E-state index >= 15 is 0 Å². The molecule has 3 rings (SSSR count). The minimum absolute atomic E-state index is 0.0257. The lowest BCUT2D eigenvalue weighted by atomic mass is 9.82. The summed E-state index contributed by atoms with van der Waals surface area (Å²) >= 11 is 0. The van der Waals surface area contributed by atoms with Crippen molar-refractivity contribution in [3.05, 3.63) is 65.2 Å². The second-order valence-corrected chi connectivity index (χ2v) is 7.52. The molecule has 154 valence electrons. The largest absolute Gasteiger partial charge is 0.497 e. The van der Waals surface area contributed by atoms with Gasteiger partial charge in [0.05, 0.1) is 19.1 Å². The van der Waals surface area contributed by atoms with Crippen LogP contribution in [-0.4, -0.2) is 36.9 Å². The van der Waals surface area contributed by atoms with Crippen LogP contribution in [0.3, 0.4) is 0 Å². The first kappa shape index (κ1) is 20.9. The highest BCUT2D eigenvalue weighted by Gasteiger charge is 2.40. The van der Waals surface area contributed by atoms with Crippen LogP contribution in [0.5, 0.6) is 5.75 Å². The molecule has 0 bridgehead atoms. The standard InChI is InChI=1S/C24H30N2O3/c1-4-26-22(27)14-13-21(23(26)20-8-6-5-7-17(20)2)24(28)25-16-15-18-9-11-19(29-3)12-10-18/h5-12,21,23H,4,13-16H2,1-3H3,(H,25,28)/t21-,23+/m1/s1. The summed E-state index contributed by atoms with van der Waals surface area (Å²) in [6.07, 6.45) is 1.77. The molecule has 0 aliphatic carbocycles. The molecule has 1 aliphatic rings. The van der Waals surface area contributed by atoms with E-state index in [1.807, 2.05) is 67.3 Å². The highest BCUT2D eigenvalue weighted by atomic mass is 16.5. The molecule has 29 heavy (non-hydrogen) atoms. The second-order valence-electron chi connectivity index (χ2n) is 7.52. The molecule has 0 spiro atoms. The summed E-state index contributed by atoms with van der Waals surface area (Å²) < 4.78 is 5.18. The Morgan fingerprint density at radius 3 is 2.55 bits per heavy atom. The molecule has 1 saturated heterocycles. The predicted octanol–water partition coefficient (Wildman–Crippen LogP) is 3.66. The minimum atomic E-state index is -0.232. The summed E-state index contributed by atoms with van der Waals surface area (Å²) in [6.45, 7) is 5.20. The molecule has 1 fully saturated rings. The Hall–Kier alpha value is -2.82. The SMILES string of the molecule is CCN1C(=O)CC[C@@H](C(=O)NCCc2ccc(OC)cc2)[C@@H]1c1ccccc1C. The molecule has 2 amide bonds. The summed E-state index contributed by atoms with van der Waals surface area (Å²) in [6, 6.07) is 15.7. The normalized spacial score (nSPS) is 19.1. The van der Waals surface area contributed by atoms with Crippen LogP contribution in [0.1, 0.15) is 42.5 Å². The molecule has 1 heterocycles. The zero-order valence-corrected chi connectivity index (χ0v) is 17.5. The van der Waals surface area contributed by atoms with Crippen molar-refractivity contribution in [2.45, 2.75) is 39.2 Å². The predicted molar refractivity (Wildman–Crippen MR) is 114 cm³/mol. The minimum Gasteiger partial charge on any atom is -0.497 e. The molecule has 5 nitrogen and oxygen atoms in total. The highest BCUT2D eigenvalue weighted by Crippen LogP contribution is 2.38. The third-order valence-electron chi connectivity index (χ3n) is 5.76. The monoisotopic (exact) mass is 394 g/mol. The summed E-state index contributed by atoms with van der Waals surface area (Å²) in [7, 11) is 1.65. The van der Waals surface area contributed by atoms with Crippen molar-refractivity contribution in [2.75, 3.05) is 20.2 Å². The fourth-order valence-electron chi connectivity index (χ4n) is 4.16. The number of nitrogens with zero attached hydrogens (tertiary/aromatic N) is 1. The molecule has 0 unspecified atom stereocenters. The van der Waals surface area contributed by atoms with Gasteiger partial charge in [-0.1, -0.05) is 36.4 Å². The molecular formula is C24H30N2O3. The van der Waals surface area contributed by atoms with Gasteiger partial charge in [0.2, 0.25) is 11.8 Å². The Labute approximate surface area is 173 Å². The average Bonchev–Trinajstić information content (AvgIpc) is 2.74. The Bertz CT molecular complexity index is 847. The van der Waals surface area contributed by atoms with Crippen molar-refractivity contribution < 1.29 is 14.3 Å². The van der Waals surface area contributed by atoms with Crippen LogP contribution in [-0.2, 0) is 16.0 Å². The number of hydrogen-bond acceptors (Lipinski definition) is 3. The van der Waals surface area contributed by atoms with Gasteiger partial charge < -0.3 is 15.0 Å². The van der Waals surface area contributed by atoms with Crippen LogP contribution in [0.15, 0.2) is 48.5 Å². The van der Waals surface area contributed by atoms with Gasteiger partial charge in [-0.15, -0.1) is 0 Å². The number of nitrogens with one attached hydrogen (secondary N) is 1. The molecule has 1 aliphatic heterocycles. The van der Waals surface area contributed by atoms with E-state index in [0.29, 0.717) is 25.9 Å². The van der Waals surface area contributed by atoms with E-state index in [1.54, 1.807) is 7.11 Å². The van der Waals surface area contributed by atoms with Crippen LogP contribution < -0.4 is 10.1 Å². The smallest absolute Gasteiger partial charge is 0.225 e. The van der Waals surface area contributed by atoms with Gasteiger partial charge in [0, 0.05) is 19.5 Å². The van der Waals surface area contributed by atoms with Crippen molar-refractivity contribution >= 4 is 11.8 Å². The first-order chi connectivity index (χ1) is 14.0. The first-order valence-electron chi connectivity index (χ1n) is 10.3. The molecule has 5 heteroatoms. The van der Waals surface area contributed by atoms with Crippen molar-refractivity contribution in [3.63, 3.8) is 0 Å². The first-order valence-corrected chi connectivity index (χ1v) is 10.3. The molecule has 2 atom stereocenters. The Kier molecular flexibility index (Phi) is 6.91. The summed E-state index contributed by atoms with van der Waals surface area (Å²) in [5, 5.41) is 3.10. The van der Waals surface area contributed by atoms with Crippen LogP contribution in [0.2, 0.25) is 0 Å². The third kappa shape index (κ3) is 4.78. The van der Waals surface area contributed by atoms with E-state index in [-0.39, 0.29) is 23.8 Å². The van der Waals surface area contributed by atoms with E-state index in [2.05, 4.69) is 5.32 Å². The number of methoxy groups -OCH3 is 1. The molecular weight excluding hydrogens is 364 g/mol. The number of amides is 2. The van der Waals surface area contributed by atoms with Gasteiger partial charge in [0.15, 0.2) is 0 Å². The van der Waals surface area contributed by atoms with Gasteiger partial charge in [0.1, 0.15) is 5.75 Å². The van der Waals surface area contributed by atoms with E-state index in [9.17, 15) is 9.59 Å². The number of aryl methyl sites for hydroxylation is 1. The zero-order valence-electron chi connectivity index (χ0n) is 17.5. The van der Waals surface area contributed by atoms with Gasteiger partial charge in [0.25, 0.3) is 0 Å². The molecule has 2 aromatic carbocycles. The van der Waals surface area contributed by atoms with Crippen LogP contribution >= 0.6 is 0 Å². The van der Waals surface area contributed by atoms with Gasteiger partial charge in [-0.05, 0) is 55.5 Å². The lowest BCUT2D eigenvalue weighted by Gasteiger charge is -2.41. The maximum Gasteiger partial charge on any atom is 0.225 e. The number of carbonyl (C=O) groups is 2. The summed E-state index contributed by atoms with van der Waals surface area (Å²) in [4.78, 5) is 27.5. The highest BCUT2D eigenvalue weighted by molar-refractivity contribution is 5.85. The fourth-order valence-corrected chi connectivity index (χ4v) is 4.16. The Morgan fingerprint density at radius 1 is 1.17 bits per heavy atom. The van der Waals surface area contributed by atoms with Crippen molar-refractivity contribution in [3.8, 4) is 5.75 Å². The number of hydrogen-bond donors (Lipinski definition) is 1. The van der Waals surface area contributed by atoms with Crippen LogP contribution in [0, 0.1) is 12.8 Å². The van der Waals surface area contributed by atoms with Gasteiger partial charge in [-0.3, -0.25) is 9.59 Å².